The monoisotopic (exact) mass is 250 g/mol. The second-order valence-electron chi connectivity index (χ2n) is 5.43. The maximum atomic E-state index is 14.1. The number of hydrogen-bond donors (Lipinski definition) is 0. The summed E-state index contributed by atoms with van der Waals surface area (Å²) in [5.41, 5.74) is 0.482. The van der Waals surface area contributed by atoms with Gasteiger partial charge in [-0.3, -0.25) is 0 Å². The van der Waals surface area contributed by atoms with Gasteiger partial charge in [-0.25, -0.2) is 9.18 Å². The zero-order valence-corrected chi connectivity index (χ0v) is 11.1. The molecule has 1 aromatic rings. The first-order valence-corrected chi connectivity index (χ1v) is 6.38. The molecule has 0 aromatic heterocycles. The van der Waals surface area contributed by atoms with E-state index in [1.165, 1.54) is 18.1 Å². The highest BCUT2D eigenvalue weighted by Gasteiger charge is 2.40. The number of fused-ring (bicyclic) bond motifs is 1. The molecular weight excluding hydrogens is 231 g/mol. The van der Waals surface area contributed by atoms with Crippen LogP contribution in [0.2, 0.25) is 0 Å². The van der Waals surface area contributed by atoms with E-state index in [0.29, 0.717) is 12.8 Å². The van der Waals surface area contributed by atoms with Crippen LogP contribution in [0.3, 0.4) is 0 Å². The largest absolute Gasteiger partial charge is 0.459 e. The first-order valence-electron chi connectivity index (χ1n) is 6.38. The third kappa shape index (κ3) is 2.40. The standard InChI is InChI=1S/C15H19FO2/c1-10(2)15(3,16)14(17)18-13-8-11-6-4-5-7-12(11)9-13/h4-7,10,13H,8-9H2,1-3H3. The zero-order valence-electron chi connectivity index (χ0n) is 11.1. The molecule has 2 rings (SSSR count). The summed E-state index contributed by atoms with van der Waals surface area (Å²) in [4.78, 5) is 11.8. The van der Waals surface area contributed by atoms with Crippen LogP contribution in [0, 0.1) is 5.92 Å². The lowest BCUT2D eigenvalue weighted by atomic mass is 9.95. The van der Waals surface area contributed by atoms with E-state index in [4.69, 9.17) is 4.74 Å². The van der Waals surface area contributed by atoms with Crippen molar-refractivity contribution in [3.8, 4) is 0 Å². The van der Waals surface area contributed by atoms with Gasteiger partial charge in [0.15, 0.2) is 0 Å². The van der Waals surface area contributed by atoms with Crippen molar-refractivity contribution in [2.45, 2.75) is 45.4 Å². The first kappa shape index (κ1) is 13.1. The van der Waals surface area contributed by atoms with E-state index in [0.717, 1.165) is 0 Å². The Balaban J connectivity index is 2.00. The second-order valence-corrected chi connectivity index (χ2v) is 5.43. The molecule has 0 amide bonds. The second kappa shape index (κ2) is 4.71. The van der Waals surface area contributed by atoms with E-state index in [2.05, 4.69) is 0 Å². The van der Waals surface area contributed by atoms with Gasteiger partial charge in [0.05, 0.1) is 0 Å². The van der Waals surface area contributed by atoms with Gasteiger partial charge < -0.3 is 4.74 Å². The summed E-state index contributed by atoms with van der Waals surface area (Å²) in [6.45, 7) is 4.66. The zero-order chi connectivity index (χ0) is 13.3. The number of carbonyl (C=O) groups is 1. The van der Waals surface area contributed by atoms with E-state index in [1.54, 1.807) is 13.8 Å². The predicted octanol–water partition coefficient (Wildman–Crippen LogP) is 3.08. The van der Waals surface area contributed by atoms with Gasteiger partial charge in [-0.1, -0.05) is 38.1 Å². The molecule has 1 aliphatic rings. The predicted molar refractivity (Wildman–Crippen MR) is 68.1 cm³/mol. The van der Waals surface area contributed by atoms with Crippen LogP contribution in [0.5, 0.6) is 0 Å². The Labute approximate surface area is 107 Å². The molecule has 18 heavy (non-hydrogen) atoms. The molecule has 0 saturated carbocycles. The number of halogens is 1. The maximum absolute atomic E-state index is 14.1. The van der Waals surface area contributed by atoms with Gasteiger partial charge in [0.2, 0.25) is 5.67 Å². The van der Waals surface area contributed by atoms with Crippen molar-refractivity contribution in [2.24, 2.45) is 5.92 Å². The molecule has 2 nitrogen and oxygen atoms in total. The van der Waals surface area contributed by atoms with Crippen molar-refractivity contribution in [1.82, 2.24) is 0 Å². The van der Waals surface area contributed by atoms with Crippen LogP contribution in [-0.4, -0.2) is 17.7 Å². The fourth-order valence-electron chi connectivity index (χ4n) is 2.10. The van der Waals surface area contributed by atoms with Crippen LogP contribution in [0.1, 0.15) is 31.9 Å². The van der Waals surface area contributed by atoms with Crippen molar-refractivity contribution in [2.75, 3.05) is 0 Å². The Morgan fingerprint density at radius 3 is 2.28 bits per heavy atom. The SMILES string of the molecule is CC(C)C(C)(F)C(=O)OC1Cc2ccccc2C1. The third-order valence-electron chi connectivity index (χ3n) is 3.77. The molecule has 0 saturated heterocycles. The van der Waals surface area contributed by atoms with Crippen LogP contribution in [0.15, 0.2) is 24.3 Å². The van der Waals surface area contributed by atoms with Gasteiger partial charge >= 0.3 is 5.97 Å². The summed E-state index contributed by atoms with van der Waals surface area (Å²) >= 11 is 0. The van der Waals surface area contributed by atoms with E-state index in [9.17, 15) is 9.18 Å². The summed E-state index contributed by atoms with van der Waals surface area (Å²) in [5, 5.41) is 0. The molecule has 0 spiro atoms. The highest BCUT2D eigenvalue weighted by atomic mass is 19.1. The summed E-state index contributed by atoms with van der Waals surface area (Å²) in [6, 6.07) is 7.99. The number of esters is 1. The molecule has 1 unspecified atom stereocenters. The number of benzene rings is 1. The Morgan fingerprint density at radius 2 is 1.83 bits per heavy atom. The van der Waals surface area contributed by atoms with E-state index in [-0.39, 0.29) is 12.0 Å². The van der Waals surface area contributed by atoms with Crippen molar-refractivity contribution < 1.29 is 13.9 Å². The Kier molecular flexibility index (Phi) is 3.42. The van der Waals surface area contributed by atoms with Gasteiger partial charge in [0, 0.05) is 12.8 Å². The van der Waals surface area contributed by atoms with Crippen LogP contribution >= 0.6 is 0 Å². The minimum absolute atomic E-state index is 0.219. The van der Waals surface area contributed by atoms with Crippen molar-refractivity contribution >= 4 is 5.97 Å². The molecule has 1 aromatic carbocycles. The fourth-order valence-corrected chi connectivity index (χ4v) is 2.10. The lowest BCUT2D eigenvalue weighted by molar-refractivity contribution is -0.164. The molecule has 1 atom stereocenters. The number of carbonyl (C=O) groups excluding carboxylic acids is 1. The van der Waals surface area contributed by atoms with Crippen molar-refractivity contribution in [3.05, 3.63) is 35.4 Å². The molecule has 0 radical (unpaired) electrons. The third-order valence-corrected chi connectivity index (χ3v) is 3.77. The molecular formula is C15H19FO2. The van der Waals surface area contributed by atoms with Gasteiger partial charge in [0.25, 0.3) is 0 Å². The molecule has 98 valence electrons. The van der Waals surface area contributed by atoms with Crippen LogP contribution in [-0.2, 0) is 22.4 Å². The number of alkyl halides is 1. The maximum Gasteiger partial charge on any atom is 0.344 e. The van der Waals surface area contributed by atoms with Crippen LogP contribution in [0.25, 0.3) is 0 Å². The Morgan fingerprint density at radius 1 is 1.33 bits per heavy atom. The molecule has 0 heterocycles. The summed E-state index contributed by atoms with van der Waals surface area (Å²) in [7, 11) is 0. The summed E-state index contributed by atoms with van der Waals surface area (Å²) in [5.74, 6) is -1.12. The molecule has 0 bridgehead atoms. The summed E-state index contributed by atoms with van der Waals surface area (Å²) in [6.07, 6.45) is 1.16. The topological polar surface area (TPSA) is 26.3 Å². The highest BCUT2D eigenvalue weighted by Crippen LogP contribution is 2.28. The van der Waals surface area contributed by atoms with Gasteiger partial charge in [-0.05, 0) is 24.0 Å². The number of rotatable bonds is 3. The molecule has 0 fully saturated rings. The van der Waals surface area contributed by atoms with Crippen molar-refractivity contribution in [1.29, 1.82) is 0 Å². The Bertz CT molecular complexity index is 427. The fraction of sp³-hybridized carbons (Fsp3) is 0.533. The molecule has 3 heteroatoms. The average Bonchev–Trinajstić information content (AvgIpc) is 2.70. The molecule has 0 N–H and O–H groups in total. The van der Waals surface area contributed by atoms with Gasteiger partial charge in [-0.15, -0.1) is 0 Å². The highest BCUT2D eigenvalue weighted by molar-refractivity contribution is 5.79. The Hall–Kier alpha value is -1.38. The molecule has 0 aliphatic heterocycles. The van der Waals surface area contributed by atoms with E-state index < -0.39 is 11.6 Å². The lowest BCUT2D eigenvalue weighted by Gasteiger charge is -2.24. The van der Waals surface area contributed by atoms with Gasteiger partial charge in [0.1, 0.15) is 6.10 Å². The molecule has 1 aliphatic carbocycles. The average molecular weight is 250 g/mol. The van der Waals surface area contributed by atoms with Crippen molar-refractivity contribution in [3.63, 3.8) is 0 Å². The van der Waals surface area contributed by atoms with E-state index in [1.807, 2.05) is 24.3 Å². The quantitative estimate of drug-likeness (QED) is 0.771. The minimum atomic E-state index is -1.91. The van der Waals surface area contributed by atoms with Gasteiger partial charge in [-0.2, -0.15) is 0 Å². The smallest absolute Gasteiger partial charge is 0.344 e. The van der Waals surface area contributed by atoms with Crippen LogP contribution < -0.4 is 0 Å². The lowest BCUT2D eigenvalue weighted by Crippen LogP contribution is -2.39. The van der Waals surface area contributed by atoms with Crippen LogP contribution in [0.4, 0.5) is 4.39 Å². The first-order chi connectivity index (χ1) is 8.41. The number of hydrogen-bond acceptors (Lipinski definition) is 2. The number of ether oxygens (including phenoxy) is 1. The summed E-state index contributed by atoms with van der Waals surface area (Å²) < 4.78 is 19.4. The normalized spacial score (nSPS) is 18.5. The van der Waals surface area contributed by atoms with E-state index >= 15 is 0 Å². The minimum Gasteiger partial charge on any atom is -0.459 e.